The van der Waals surface area contributed by atoms with Crippen LogP contribution in [0.5, 0.6) is 0 Å². The maximum Gasteiger partial charge on any atom is 0.129 e. The quantitative estimate of drug-likeness (QED) is 0.809. The smallest absolute Gasteiger partial charge is 0.129 e. The van der Waals surface area contributed by atoms with Crippen molar-refractivity contribution >= 4 is 0 Å². The first-order chi connectivity index (χ1) is 7.29. The van der Waals surface area contributed by atoms with Crippen LogP contribution in [0.15, 0.2) is 42.9 Å². The van der Waals surface area contributed by atoms with Gasteiger partial charge in [0.25, 0.3) is 0 Å². The molecule has 1 N–H and O–H groups in total. The second kappa shape index (κ2) is 4.14. The van der Waals surface area contributed by atoms with Crippen LogP contribution in [0.3, 0.4) is 0 Å². The van der Waals surface area contributed by atoms with Crippen molar-refractivity contribution in [2.75, 3.05) is 0 Å². The van der Waals surface area contributed by atoms with E-state index in [1.165, 1.54) is 30.7 Å². The van der Waals surface area contributed by atoms with Gasteiger partial charge in [0.05, 0.1) is 11.9 Å². The van der Waals surface area contributed by atoms with Gasteiger partial charge in [0.15, 0.2) is 0 Å². The number of aromatic nitrogens is 2. The predicted octanol–water partition coefficient (Wildman–Crippen LogP) is 1.70. The summed E-state index contributed by atoms with van der Waals surface area (Å²) in [6.07, 6.45) is 3.30. The summed E-state index contributed by atoms with van der Waals surface area (Å²) in [4.78, 5) is 7.73. The molecule has 1 aromatic heterocycles. The number of aliphatic hydroxyl groups is 1. The molecule has 1 unspecified atom stereocenters. The molecule has 1 aromatic carbocycles. The summed E-state index contributed by atoms with van der Waals surface area (Å²) in [7, 11) is 0. The lowest BCUT2D eigenvalue weighted by atomic mass is 10.1. The van der Waals surface area contributed by atoms with E-state index in [9.17, 15) is 9.50 Å². The third-order valence-electron chi connectivity index (χ3n) is 2.06. The zero-order valence-corrected chi connectivity index (χ0v) is 7.84. The van der Waals surface area contributed by atoms with E-state index in [2.05, 4.69) is 9.97 Å². The maximum atomic E-state index is 13.3. The Morgan fingerprint density at radius 2 is 2.00 bits per heavy atom. The highest BCUT2D eigenvalue weighted by Crippen LogP contribution is 2.21. The van der Waals surface area contributed by atoms with Gasteiger partial charge in [-0.05, 0) is 6.07 Å². The standard InChI is InChI=1S/C11H9FN2O/c12-9-4-2-1-3-8(9)11(15)10-7-13-5-6-14-10/h1-7,11,15H. The molecular formula is C11H9FN2O. The molecule has 0 aliphatic heterocycles. The molecule has 3 nitrogen and oxygen atoms in total. The molecule has 2 aromatic rings. The number of hydrogen-bond donors (Lipinski definition) is 1. The van der Waals surface area contributed by atoms with Gasteiger partial charge in [-0.1, -0.05) is 18.2 Å². The topological polar surface area (TPSA) is 46.0 Å². The summed E-state index contributed by atoms with van der Waals surface area (Å²) in [5.41, 5.74) is 0.542. The lowest BCUT2D eigenvalue weighted by molar-refractivity contribution is 0.209. The van der Waals surface area contributed by atoms with Crippen molar-refractivity contribution in [3.63, 3.8) is 0 Å². The molecule has 0 aliphatic carbocycles. The number of benzene rings is 1. The molecule has 4 heteroatoms. The Hall–Kier alpha value is -1.81. The van der Waals surface area contributed by atoms with Gasteiger partial charge in [0.2, 0.25) is 0 Å². The summed E-state index contributed by atoms with van der Waals surface area (Å²) in [5.74, 6) is -0.448. The Balaban J connectivity index is 2.37. The molecule has 1 heterocycles. The molecule has 0 fully saturated rings. The fourth-order valence-corrected chi connectivity index (χ4v) is 1.31. The van der Waals surface area contributed by atoms with Gasteiger partial charge in [-0.25, -0.2) is 4.39 Å². The normalized spacial score (nSPS) is 12.4. The average Bonchev–Trinajstić information content (AvgIpc) is 2.30. The minimum atomic E-state index is -1.07. The van der Waals surface area contributed by atoms with E-state index >= 15 is 0 Å². The van der Waals surface area contributed by atoms with E-state index in [0.717, 1.165) is 0 Å². The molecule has 0 saturated heterocycles. The Kier molecular flexibility index (Phi) is 2.69. The number of halogens is 1. The van der Waals surface area contributed by atoms with Crippen LogP contribution in [0.2, 0.25) is 0 Å². The first-order valence-corrected chi connectivity index (χ1v) is 4.47. The first-order valence-electron chi connectivity index (χ1n) is 4.47. The highest BCUT2D eigenvalue weighted by Gasteiger charge is 2.15. The summed E-state index contributed by atoms with van der Waals surface area (Å²) < 4.78 is 13.3. The number of hydrogen-bond acceptors (Lipinski definition) is 3. The highest BCUT2D eigenvalue weighted by molar-refractivity contribution is 5.25. The molecule has 0 spiro atoms. The molecule has 2 rings (SSSR count). The molecule has 76 valence electrons. The van der Waals surface area contributed by atoms with Crippen LogP contribution >= 0.6 is 0 Å². The molecule has 1 atom stereocenters. The highest BCUT2D eigenvalue weighted by atomic mass is 19.1. The zero-order chi connectivity index (χ0) is 10.7. The van der Waals surface area contributed by atoms with Gasteiger partial charge in [0.1, 0.15) is 11.9 Å². The van der Waals surface area contributed by atoms with Crippen LogP contribution in [0.4, 0.5) is 4.39 Å². The number of aliphatic hydroxyl groups excluding tert-OH is 1. The van der Waals surface area contributed by atoms with E-state index in [-0.39, 0.29) is 5.56 Å². The van der Waals surface area contributed by atoms with Crippen molar-refractivity contribution in [1.82, 2.24) is 9.97 Å². The minimum absolute atomic E-state index is 0.206. The Labute approximate surface area is 86.3 Å². The SMILES string of the molecule is OC(c1cnccn1)c1ccccc1F. The molecular weight excluding hydrogens is 195 g/mol. The lowest BCUT2D eigenvalue weighted by Gasteiger charge is -2.10. The summed E-state index contributed by atoms with van der Waals surface area (Å²) in [5, 5.41) is 9.83. The first kappa shape index (κ1) is 9.73. The number of rotatable bonds is 2. The van der Waals surface area contributed by atoms with Gasteiger partial charge in [-0.3, -0.25) is 9.97 Å². The molecule has 0 saturated carbocycles. The van der Waals surface area contributed by atoms with Gasteiger partial charge >= 0.3 is 0 Å². The maximum absolute atomic E-state index is 13.3. The van der Waals surface area contributed by atoms with E-state index in [1.807, 2.05) is 0 Å². The van der Waals surface area contributed by atoms with Crippen LogP contribution in [-0.4, -0.2) is 15.1 Å². The van der Waals surface area contributed by atoms with Gasteiger partial charge in [-0.2, -0.15) is 0 Å². The number of nitrogens with zero attached hydrogens (tertiary/aromatic N) is 2. The monoisotopic (exact) mass is 204 g/mol. The van der Waals surface area contributed by atoms with Gasteiger partial charge in [0, 0.05) is 18.0 Å². The van der Waals surface area contributed by atoms with Crippen molar-refractivity contribution < 1.29 is 9.50 Å². The average molecular weight is 204 g/mol. The minimum Gasteiger partial charge on any atom is -0.382 e. The second-order valence-electron chi connectivity index (χ2n) is 3.05. The van der Waals surface area contributed by atoms with Crippen molar-refractivity contribution in [2.45, 2.75) is 6.10 Å². The van der Waals surface area contributed by atoms with Crippen molar-refractivity contribution in [1.29, 1.82) is 0 Å². The zero-order valence-electron chi connectivity index (χ0n) is 7.84. The fourth-order valence-electron chi connectivity index (χ4n) is 1.31. The second-order valence-corrected chi connectivity index (χ2v) is 3.05. The van der Waals surface area contributed by atoms with Crippen LogP contribution in [0.25, 0.3) is 0 Å². The van der Waals surface area contributed by atoms with E-state index in [4.69, 9.17) is 0 Å². The molecule has 0 radical (unpaired) electrons. The van der Waals surface area contributed by atoms with Crippen molar-refractivity contribution in [3.05, 3.63) is 59.9 Å². The lowest BCUT2D eigenvalue weighted by Crippen LogP contribution is -2.04. The molecule has 15 heavy (non-hydrogen) atoms. The third-order valence-corrected chi connectivity index (χ3v) is 2.06. The summed E-state index contributed by atoms with van der Waals surface area (Å²) in [6, 6.07) is 6.06. The van der Waals surface area contributed by atoms with Crippen molar-refractivity contribution in [3.8, 4) is 0 Å². The van der Waals surface area contributed by atoms with Gasteiger partial charge < -0.3 is 5.11 Å². The fraction of sp³-hybridized carbons (Fsp3) is 0.0909. The largest absolute Gasteiger partial charge is 0.382 e. The molecule has 0 aliphatic rings. The van der Waals surface area contributed by atoms with Crippen LogP contribution in [0.1, 0.15) is 17.4 Å². The van der Waals surface area contributed by atoms with Crippen LogP contribution < -0.4 is 0 Å². The van der Waals surface area contributed by atoms with Crippen LogP contribution in [-0.2, 0) is 0 Å². The summed E-state index contributed by atoms with van der Waals surface area (Å²) >= 11 is 0. The van der Waals surface area contributed by atoms with Crippen LogP contribution in [0, 0.1) is 5.82 Å². The predicted molar refractivity (Wildman–Crippen MR) is 52.5 cm³/mol. The van der Waals surface area contributed by atoms with Crippen molar-refractivity contribution in [2.24, 2.45) is 0 Å². The van der Waals surface area contributed by atoms with Gasteiger partial charge in [-0.15, -0.1) is 0 Å². The Bertz CT molecular complexity index is 447. The molecule has 0 amide bonds. The summed E-state index contributed by atoms with van der Waals surface area (Å²) in [6.45, 7) is 0. The third kappa shape index (κ3) is 1.99. The Morgan fingerprint density at radius 1 is 1.20 bits per heavy atom. The molecule has 0 bridgehead atoms. The van der Waals surface area contributed by atoms with E-state index in [1.54, 1.807) is 12.1 Å². The van der Waals surface area contributed by atoms with E-state index in [0.29, 0.717) is 5.69 Å². The van der Waals surface area contributed by atoms with E-state index < -0.39 is 11.9 Å². The Morgan fingerprint density at radius 3 is 2.67 bits per heavy atom.